The lowest BCUT2D eigenvalue weighted by Crippen LogP contribution is -2.40. The third-order valence-electron chi connectivity index (χ3n) is 5.68. The van der Waals surface area contributed by atoms with Crippen LogP contribution >= 0.6 is 23.2 Å². The van der Waals surface area contributed by atoms with Gasteiger partial charge in [0.05, 0.1) is 34.6 Å². The van der Waals surface area contributed by atoms with Gasteiger partial charge in [-0.15, -0.1) is 0 Å². The van der Waals surface area contributed by atoms with Crippen molar-refractivity contribution in [3.63, 3.8) is 0 Å². The lowest BCUT2D eigenvalue weighted by atomic mass is 9.98. The number of rotatable bonds is 7. The van der Waals surface area contributed by atoms with Crippen molar-refractivity contribution in [2.75, 3.05) is 20.3 Å². The first-order valence-electron chi connectivity index (χ1n) is 11.0. The first-order valence-corrected chi connectivity index (χ1v) is 11.7. The van der Waals surface area contributed by atoms with E-state index in [9.17, 15) is 14.7 Å². The molecule has 2 aromatic heterocycles. The Morgan fingerprint density at radius 3 is 2.51 bits per heavy atom. The highest BCUT2D eigenvalue weighted by atomic mass is 35.5. The fourth-order valence-corrected chi connectivity index (χ4v) is 4.29. The molecular weight excluding hydrogens is 491 g/mol. The number of amides is 2. The van der Waals surface area contributed by atoms with Crippen LogP contribution in [0.1, 0.15) is 36.6 Å². The molecule has 0 atom stereocenters. The van der Waals surface area contributed by atoms with Gasteiger partial charge in [0.2, 0.25) is 0 Å². The molecule has 182 valence electrons. The molecule has 4 rings (SSSR count). The maximum Gasteiger partial charge on any atom is 0.326 e. The highest BCUT2D eigenvalue weighted by Gasteiger charge is 2.46. The fourth-order valence-electron chi connectivity index (χ4n) is 4.00. The summed E-state index contributed by atoms with van der Waals surface area (Å²) in [6.45, 7) is 5.84. The van der Waals surface area contributed by atoms with Gasteiger partial charge in [-0.1, -0.05) is 37.0 Å². The Labute approximate surface area is 212 Å². The van der Waals surface area contributed by atoms with Gasteiger partial charge in [-0.25, -0.2) is 4.68 Å². The topological polar surface area (TPSA) is 91.4 Å². The van der Waals surface area contributed by atoms with E-state index in [-0.39, 0.29) is 40.9 Å². The molecule has 0 fully saturated rings. The third-order valence-corrected chi connectivity index (χ3v) is 6.42. The third kappa shape index (κ3) is 4.45. The van der Waals surface area contributed by atoms with Crippen molar-refractivity contribution in [3.05, 3.63) is 69.6 Å². The van der Waals surface area contributed by atoms with Crippen LogP contribution in [0.4, 0.5) is 0 Å². The van der Waals surface area contributed by atoms with Crippen molar-refractivity contribution in [1.82, 2.24) is 14.7 Å². The lowest BCUT2D eigenvalue weighted by Gasteiger charge is -2.15. The van der Waals surface area contributed by atoms with Gasteiger partial charge in [-0.3, -0.25) is 14.5 Å². The molecule has 0 bridgehead atoms. The predicted molar refractivity (Wildman–Crippen MR) is 130 cm³/mol. The van der Waals surface area contributed by atoms with Gasteiger partial charge in [-0.2, -0.15) is 9.67 Å². The van der Waals surface area contributed by atoms with Gasteiger partial charge < -0.3 is 9.84 Å². The molecule has 1 aliphatic rings. The largest absolute Gasteiger partial charge is 0.858 e. The summed E-state index contributed by atoms with van der Waals surface area (Å²) in [4.78, 5) is 28.2. The summed E-state index contributed by atoms with van der Waals surface area (Å²) in [5.74, 6) is -1.81. The number of hydrogen-bond acceptors (Lipinski definition) is 5. The Balaban J connectivity index is 2.00. The average Bonchev–Trinajstić information content (AvgIpc) is 3.27. The monoisotopic (exact) mass is 514 g/mol. The number of aryl methyl sites for hydroxylation is 1. The molecule has 3 aromatic rings. The van der Waals surface area contributed by atoms with Gasteiger partial charge in [-0.05, 0) is 43.0 Å². The van der Waals surface area contributed by atoms with Crippen LogP contribution in [0.3, 0.4) is 0 Å². The van der Waals surface area contributed by atoms with Crippen molar-refractivity contribution < 1.29 is 24.0 Å². The quantitative estimate of drug-likeness (QED) is 0.356. The van der Waals surface area contributed by atoms with E-state index in [2.05, 4.69) is 5.10 Å². The average molecular weight is 515 g/mol. The van der Waals surface area contributed by atoms with E-state index in [0.29, 0.717) is 16.4 Å². The number of nitrogens with zero attached hydrogens (tertiary/aromatic N) is 4. The fraction of sp³-hybridized carbons (Fsp3) is 0.280. The molecule has 0 N–H and O–H groups in total. The Kier molecular flexibility index (Phi) is 6.98. The Bertz CT molecular complexity index is 1360. The van der Waals surface area contributed by atoms with Crippen LogP contribution < -0.4 is 9.67 Å². The van der Waals surface area contributed by atoms with Crippen LogP contribution in [0.5, 0.6) is 5.88 Å². The maximum absolute atomic E-state index is 13.8. The smallest absolute Gasteiger partial charge is 0.326 e. The van der Waals surface area contributed by atoms with Crippen LogP contribution in [0.25, 0.3) is 17.0 Å². The van der Waals surface area contributed by atoms with Gasteiger partial charge >= 0.3 is 5.91 Å². The van der Waals surface area contributed by atoms with Crippen molar-refractivity contribution in [3.8, 4) is 11.6 Å². The molecule has 35 heavy (non-hydrogen) atoms. The number of pyridine rings is 1. The van der Waals surface area contributed by atoms with E-state index in [1.54, 1.807) is 35.2 Å². The van der Waals surface area contributed by atoms with Crippen LogP contribution in [-0.2, 0) is 14.3 Å². The number of carbonyl (C=O) groups excluding carboxylic acids is 2. The van der Waals surface area contributed by atoms with E-state index < -0.39 is 17.7 Å². The number of aromatic nitrogens is 3. The molecule has 10 heteroatoms. The number of methoxy groups -OCH3 is 1. The summed E-state index contributed by atoms with van der Waals surface area (Å²) in [5, 5.41) is 18.9. The van der Waals surface area contributed by atoms with E-state index in [4.69, 9.17) is 27.9 Å². The van der Waals surface area contributed by atoms with Gasteiger partial charge in [0.25, 0.3) is 11.6 Å². The molecule has 0 aliphatic carbocycles. The van der Waals surface area contributed by atoms with E-state index >= 15 is 0 Å². The molecule has 0 radical (unpaired) electrons. The SMILES string of the molecule is COCCN1C(=O)C(c2c(C(C)C)nn(-c3ccc(Cl)c(Cl)c3)c2[O-])=C([n+]2cccc(C)c2)C1=O. The number of ether oxygens (including phenoxy) is 1. The molecular formula is C25H24Cl2N4O4. The van der Waals surface area contributed by atoms with Crippen LogP contribution in [0.2, 0.25) is 10.0 Å². The second-order valence-corrected chi connectivity index (χ2v) is 9.31. The number of hydrogen-bond donors (Lipinski definition) is 0. The van der Waals surface area contributed by atoms with Gasteiger partial charge in [0.1, 0.15) is 5.57 Å². The second kappa shape index (κ2) is 9.81. The Morgan fingerprint density at radius 2 is 1.89 bits per heavy atom. The Hall–Kier alpha value is -3.20. The molecule has 2 amide bonds. The minimum Gasteiger partial charge on any atom is -0.858 e. The molecule has 1 aliphatic heterocycles. The highest BCUT2D eigenvalue weighted by molar-refractivity contribution is 6.45. The zero-order chi connectivity index (χ0) is 25.4. The summed E-state index contributed by atoms with van der Waals surface area (Å²) in [7, 11) is 1.49. The van der Waals surface area contributed by atoms with Crippen molar-refractivity contribution in [2.45, 2.75) is 26.7 Å². The summed E-state index contributed by atoms with van der Waals surface area (Å²) in [6.07, 6.45) is 3.42. The predicted octanol–water partition coefficient (Wildman–Crippen LogP) is 3.36. The standard InChI is InChI=1S/C25H24Cl2N4O4/c1-14(2)21-19(24(33)31(28-21)16-7-8-17(26)18(27)12-16)20-22(29-9-5-6-15(3)13-29)25(34)30(23(20)32)10-11-35-4/h5-9,12-14H,10-11H2,1-4H3. The van der Waals surface area contributed by atoms with Crippen LogP contribution in [0.15, 0.2) is 42.7 Å². The lowest BCUT2D eigenvalue weighted by molar-refractivity contribution is -0.577. The zero-order valence-corrected chi connectivity index (χ0v) is 21.2. The zero-order valence-electron chi connectivity index (χ0n) is 19.7. The minimum absolute atomic E-state index is 0.0155. The highest BCUT2D eigenvalue weighted by Crippen LogP contribution is 2.39. The minimum atomic E-state index is -0.566. The maximum atomic E-state index is 13.8. The molecule has 1 aromatic carbocycles. The first kappa shape index (κ1) is 24.9. The first-order chi connectivity index (χ1) is 16.6. The van der Waals surface area contributed by atoms with Crippen LogP contribution in [0, 0.1) is 6.92 Å². The molecule has 0 saturated heterocycles. The molecule has 3 heterocycles. The van der Waals surface area contributed by atoms with Crippen molar-refractivity contribution >= 4 is 46.3 Å². The summed E-state index contributed by atoms with van der Waals surface area (Å²) >= 11 is 12.2. The second-order valence-electron chi connectivity index (χ2n) is 8.50. The van der Waals surface area contributed by atoms with Gasteiger partial charge in [0.15, 0.2) is 12.4 Å². The number of imide groups is 1. The summed E-state index contributed by atoms with van der Waals surface area (Å²) in [6, 6.07) is 8.37. The summed E-state index contributed by atoms with van der Waals surface area (Å²) < 4.78 is 7.87. The molecule has 0 saturated carbocycles. The van der Waals surface area contributed by atoms with E-state index in [1.165, 1.54) is 17.9 Å². The number of carbonyl (C=O) groups is 2. The molecule has 8 nitrogen and oxygen atoms in total. The van der Waals surface area contributed by atoms with Crippen molar-refractivity contribution in [2.24, 2.45) is 0 Å². The Morgan fingerprint density at radius 1 is 1.14 bits per heavy atom. The number of halogens is 2. The normalized spacial score (nSPS) is 14.1. The van der Waals surface area contributed by atoms with Gasteiger partial charge in [0, 0.05) is 24.3 Å². The molecule has 0 spiro atoms. The number of benzene rings is 1. The van der Waals surface area contributed by atoms with E-state index in [0.717, 1.165) is 10.5 Å². The van der Waals surface area contributed by atoms with Crippen LogP contribution in [-0.4, -0.2) is 46.8 Å². The summed E-state index contributed by atoms with van der Waals surface area (Å²) in [5.41, 5.74) is 1.89. The van der Waals surface area contributed by atoms with E-state index in [1.807, 2.05) is 26.8 Å². The molecule has 0 unspecified atom stereocenters. The van der Waals surface area contributed by atoms with Crippen molar-refractivity contribution in [1.29, 1.82) is 0 Å².